The fraction of sp³-hybridized carbons (Fsp3) is 0.200. The van der Waals surface area contributed by atoms with E-state index in [1.807, 2.05) is 35.0 Å². The summed E-state index contributed by atoms with van der Waals surface area (Å²) in [5.74, 6) is 1.77. The number of aromatic hydroxyl groups is 1. The minimum Gasteiger partial charge on any atom is -0.508 e. The SMILES string of the molecule is Oc1cccc(-c2cn3ccc(NC4CC4)nc3n2)c1. The van der Waals surface area contributed by atoms with Crippen molar-refractivity contribution in [3.63, 3.8) is 0 Å². The van der Waals surface area contributed by atoms with Crippen molar-refractivity contribution in [2.24, 2.45) is 0 Å². The van der Waals surface area contributed by atoms with E-state index in [-0.39, 0.29) is 5.75 Å². The molecule has 20 heavy (non-hydrogen) atoms. The Kier molecular flexibility index (Phi) is 2.39. The molecule has 2 N–H and O–H groups in total. The lowest BCUT2D eigenvalue weighted by Gasteiger charge is -2.02. The molecule has 0 aliphatic heterocycles. The lowest BCUT2D eigenvalue weighted by molar-refractivity contribution is 0.475. The third-order valence-electron chi connectivity index (χ3n) is 3.40. The number of rotatable bonds is 3. The van der Waals surface area contributed by atoms with Crippen LogP contribution in [0, 0.1) is 0 Å². The van der Waals surface area contributed by atoms with Gasteiger partial charge in [0, 0.05) is 24.0 Å². The zero-order valence-corrected chi connectivity index (χ0v) is 10.8. The Morgan fingerprint density at radius 2 is 2.10 bits per heavy atom. The molecule has 0 radical (unpaired) electrons. The maximum atomic E-state index is 9.54. The molecule has 0 amide bonds. The van der Waals surface area contributed by atoms with Crippen molar-refractivity contribution in [1.82, 2.24) is 14.4 Å². The molecule has 5 nitrogen and oxygen atoms in total. The highest BCUT2D eigenvalue weighted by molar-refractivity contribution is 5.63. The third kappa shape index (κ3) is 2.07. The van der Waals surface area contributed by atoms with Crippen LogP contribution < -0.4 is 5.32 Å². The summed E-state index contributed by atoms with van der Waals surface area (Å²) in [6, 6.07) is 9.61. The van der Waals surface area contributed by atoms with Crippen molar-refractivity contribution in [3.8, 4) is 17.0 Å². The highest BCUT2D eigenvalue weighted by Gasteiger charge is 2.21. The molecule has 2 heterocycles. The maximum Gasteiger partial charge on any atom is 0.236 e. The van der Waals surface area contributed by atoms with Gasteiger partial charge in [-0.1, -0.05) is 12.1 Å². The standard InChI is InChI=1S/C15H14N4O/c20-12-3-1-2-10(8-12)13-9-19-7-6-14(16-11-4-5-11)18-15(19)17-13/h1-3,6-9,11,20H,4-5H2,(H,16,17,18). The van der Waals surface area contributed by atoms with Crippen molar-refractivity contribution in [2.75, 3.05) is 5.32 Å². The fourth-order valence-corrected chi connectivity index (χ4v) is 2.19. The summed E-state index contributed by atoms with van der Waals surface area (Å²) >= 11 is 0. The Labute approximate surface area is 115 Å². The molecular formula is C15H14N4O. The molecule has 1 aliphatic rings. The van der Waals surface area contributed by atoms with Crippen molar-refractivity contribution in [1.29, 1.82) is 0 Å². The molecule has 100 valence electrons. The van der Waals surface area contributed by atoms with Crippen LogP contribution in [-0.2, 0) is 0 Å². The monoisotopic (exact) mass is 266 g/mol. The van der Waals surface area contributed by atoms with E-state index in [4.69, 9.17) is 0 Å². The molecule has 1 aliphatic carbocycles. The molecule has 0 saturated heterocycles. The van der Waals surface area contributed by atoms with E-state index in [0.29, 0.717) is 11.8 Å². The number of benzene rings is 1. The Balaban J connectivity index is 1.74. The highest BCUT2D eigenvalue weighted by atomic mass is 16.3. The largest absolute Gasteiger partial charge is 0.508 e. The first-order chi connectivity index (χ1) is 9.78. The second-order valence-corrected chi connectivity index (χ2v) is 5.12. The Morgan fingerprint density at radius 3 is 2.90 bits per heavy atom. The number of phenols is 1. The summed E-state index contributed by atoms with van der Waals surface area (Å²) in [5, 5.41) is 12.9. The molecule has 1 aromatic carbocycles. The van der Waals surface area contributed by atoms with Crippen LogP contribution >= 0.6 is 0 Å². The second kappa shape index (κ2) is 4.23. The molecule has 3 aromatic rings. The van der Waals surface area contributed by atoms with E-state index in [2.05, 4.69) is 15.3 Å². The van der Waals surface area contributed by atoms with Gasteiger partial charge in [0.1, 0.15) is 11.6 Å². The van der Waals surface area contributed by atoms with Gasteiger partial charge in [-0.15, -0.1) is 0 Å². The summed E-state index contributed by atoms with van der Waals surface area (Å²) < 4.78 is 1.89. The van der Waals surface area contributed by atoms with Gasteiger partial charge in [-0.2, -0.15) is 4.98 Å². The number of fused-ring (bicyclic) bond motifs is 1. The van der Waals surface area contributed by atoms with Gasteiger partial charge in [-0.25, -0.2) is 4.98 Å². The first kappa shape index (κ1) is 11.3. The third-order valence-corrected chi connectivity index (χ3v) is 3.40. The van der Waals surface area contributed by atoms with E-state index >= 15 is 0 Å². The van der Waals surface area contributed by atoms with Crippen LogP contribution in [0.25, 0.3) is 17.0 Å². The summed E-state index contributed by atoms with van der Waals surface area (Å²) in [6.45, 7) is 0. The highest BCUT2D eigenvalue weighted by Crippen LogP contribution is 2.25. The van der Waals surface area contributed by atoms with Crippen LogP contribution in [0.2, 0.25) is 0 Å². The Hall–Kier alpha value is -2.56. The number of anilines is 1. The molecular weight excluding hydrogens is 252 g/mol. The fourth-order valence-electron chi connectivity index (χ4n) is 2.19. The van der Waals surface area contributed by atoms with Crippen molar-refractivity contribution in [2.45, 2.75) is 18.9 Å². The lowest BCUT2D eigenvalue weighted by Crippen LogP contribution is -2.03. The molecule has 1 saturated carbocycles. The molecule has 0 bridgehead atoms. The molecule has 0 atom stereocenters. The van der Waals surface area contributed by atoms with E-state index in [9.17, 15) is 5.11 Å². The van der Waals surface area contributed by atoms with Crippen LogP contribution in [0.4, 0.5) is 5.82 Å². The van der Waals surface area contributed by atoms with Crippen LogP contribution in [0.5, 0.6) is 5.75 Å². The summed E-state index contributed by atoms with van der Waals surface area (Å²) in [7, 11) is 0. The van der Waals surface area contributed by atoms with Crippen molar-refractivity contribution < 1.29 is 5.11 Å². The smallest absolute Gasteiger partial charge is 0.236 e. The first-order valence-electron chi connectivity index (χ1n) is 6.70. The summed E-state index contributed by atoms with van der Waals surface area (Å²) in [5.41, 5.74) is 1.68. The van der Waals surface area contributed by atoms with Crippen LogP contribution in [0.15, 0.2) is 42.7 Å². The Bertz CT molecular complexity index is 776. The van der Waals surface area contributed by atoms with Crippen LogP contribution in [-0.4, -0.2) is 25.5 Å². The average Bonchev–Trinajstić information content (AvgIpc) is 3.15. The maximum absolute atomic E-state index is 9.54. The average molecular weight is 266 g/mol. The zero-order chi connectivity index (χ0) is 13.5. The van der Waals surface area contributed by atoms with Crippen LogP contribution in [0.3, 0.4) is 0 Å². The topological polar surface area (TPSA) is 62.5 Å². The number of phenolic OH excluding ortho intramolecular Hbond substituents is 1. The van der Waals surface area contributed by atoms with Crippen LogP contribution in [0.1, 0.15) is 12.8 Å². The zero-order valence-electron chi connectivity index (χ0n) is 10.8. The first-order valence-corrected chi connectivity index (χ1v) is 6.70. The summed E-state index contributed by atoms with van der Waals surface area (Å²) in [4.78, 5) is 9.02. The van der Waals surface area contributed by atoms with Gasteiger partial charge < -0.3 is 10.4 Å². The summed E-state index contributed by atoms with van der Waals surface area (Å²) in [6.07, 6.45) is 6.30. The Morgan fingerprint density at radius 1 is 1.20 bits per heavy atom. The molecule has 5 heteroatoms. The predicted octanol–water partition coefficient (Wildman–Crippen LogP) is 2.68. The van der Waals surface area contributed by atoms with Gasteiger partial charge in [0.25, 0.3) is 0 Å². The van der Waals surface area contributed by atoms with E-state index in [0.717, 1.165) is 17.1 Å². The van der Waals surface area contributed by atoms with Gasteiger partial charge >= 0.3 is 0 Å². The van der Waals surface area contributed by atoms with E-state index in [1.54, 1.807) is 12.1 Å². The number of nitrogens with zero attached hydrogens (tertiary/aromatic N) is 3. The molecule has 2 aromatic heterocycles. The van der Waals surface area contributed by atoms with Gasteiger partial charge in [-0.05, 0) is 31.0 Å². The molecule has 0 unspecified atom stereocenters. The number of hydrogen-bond acceptors (Lipinski definition) is 4. The number of imidazole rings is 1. The quantitative estimate of drug-likeness (QED) is 0.765. The number of aromatic nitrogens is 3. The van der Waals surface area contributed by atoms with Gasteiger partial charge in [-0.3, -0.25) is 4.40 Å². The normalized spacial score (nSPS) is 14.6. The number of hydrogen-bond donors (Lipinski definition) is 2. The van der Waals surface area contributed by atoms with Crippen molar-refractivity contribution >= 4 is 11.6 Å². The lowest BCUT2D eigenvalue weighted by atomic mass is 10.2. The van der Waals surface area contributed by atoms with E-state index < -0.39 is 0 Å². The number of nitrogens with one attached hydrogen (secondary N) is 1. The molecule has 1 fully saturated rings. The van der Waals surface area contributed by atoms with Gasteiger partial charge in [0.2, 0.25) is 5.78 Å². The predicted molar refractivity (Wildman–Crippen MR) is 76.7 cm³/mol. The second-order valence-electron chi connectivity index (χ2n) is 5.12. The van der Waals surface area contributed by atoms with E-state index in [1.165, 1.54) is 12.8 Å². The molecule has 0 spiro atoms. The van der Waals surface area contributed by atoms with Gasteiger partial charge in [0.05, 0.1) is 5.69 Å². The van der Waals surface area contributed by atoms with Gasteiger partial charge in [0.15, 0.2) is 0 Å². The van der Waals surface area contributed by atoms with Crippen molar-refractivity contribution in [3.05, 3.63) is 42.7 Å². The minimum absolute atomic E-state index is 0.239. The molecule has 4 rings (SSSR count). The minimum atomic E-state index is 0.239.